The van der Waals surface area contributed by atoms with Crippen LogP contribution in [0.3, 0.4) is 0 Å². The molecule has 2 amide bonds. The minimum absolute atomic E-state index is 0.215. The first-order chi connectivity index (χ1) is 21.4. The van der Waals surface area contributed by atoms with Gasteiger partial charge in [0.25, 0.3) is 0 Å². The Hall–Kier alpha value is -4.32. The van der Waals surface area contributed by atoms with Crippen molar-refractivity contribution in [2.75, 3.05) is 10.7 Å². The van der Waals surface area contributed by atoms with Gasteiger partial charge in [-0.25, -0.2) is 14.5 Å². The van der Waals surface area contributed by atoms with E-state index in [2.05, 4.69) is 69.9 Å². The number of alkyl halides is 3. The Labute approximate surface area is 264 Å². The van der Waals surface area contributed by atoms with Crippen LogP contribution in [0.2, 0.25) is 0 Å². The molecule has 236 valence electrons. The Balaban J connectivity index is 1.28. The molecule has 1 N–H and O–H groups in total. The Morgan fingerprint density at radius 1 is 1.09 bits per heavy atom. The molecular formula is C33H35F3N6O2S. The number of amides is 2. The monoisotopic (exact) mass is 636 g/mol. The molecule has 45 heavy (non-hydrogen) atoms. The van der Waals surface area contributed by atoms with Gasteiger partial charge in [0.1, 0.15) is 12.1 Å². The third-order valence-electron chi connectivity index (χ3n) is 7.59. The molecule has 0 spiro atoms. The van der Waals surface area contributed by atoms with Crippen LogP contribution in [0.5, 0.6) is 5.75 Å². The second-order valence-electron chi connectivity index (χ2n) is 11.1. The molecule has 2 atom stereocenters. The molecule has 0 radical (unpaired) electrons. The lowest BCUT2D eigenvalue weighted by Gasteiger charge is -2.37. The van der Waals surface area contributed by atoms with E-state index in [1.165, 1.54) is 40.8 Å². The van der Waals surface area contributed by atoms with Gasteiger partial charge in [-0.15, -0.1) is 18.3 Å². The maximum Gasteiger partial charge on any atom is 0.573 e. The smallest absolute Gasteiger partial charge is 0.406 e. The van der Waals surface area contributed by atoms with E-state index in [1.54, 1.807) is 11.8 Å². The normalized spacial score (nSPS) is 16.9. The number of aryl methyl sites for hydroxylation is 3. The zero-order valence-corrected chi connectivity index (χ0v) is 26.5. The molecular weight excluding hydrogens is 601 g/mol. The third-order valence-corrected chi connectivity index (χ3v) is 8.58. The molecule has 8 nitrogen and oxygen atoms in total. The highest BCUT2D eigenvalue weighted by atomic mass is 32.2. The summed E-state index contributed by atoms with van der Waals surface area (Å²) in [6, 6.07) is 16.9. The molecule has 3 aromatic carbocycles. The van der Waals surface area contributed by atoms with Crippen LogP contribution in [0.25, 0.3) is 17.1 Å². The minimum Gasteiger partial charge on any atom is -0.406 e. The van der Waals surface area contributed by atoms with Crippen LogP contribution >= 0.6 is 11.8 Å². The van der Waals surface area contributed by atoms with E-state index in [1.807, 2.05) is 31.2 Å². The third kappa shape index (κ3) is 7.67. The number of halogens is 3. The van der Waals surface area contributed by atoms with Gasteiger partial charge >= 0.3 is 12.4 Å². The van der Waals surface area contributed by atoms with E-state index in [-0.39, 0.29) is 23.9 Å². The molecule has 0 bridgehead atoms. The molecule has 1 fully saturated rings. The quantitative estimate of drug-likeness (QED) is 0.220. The summed E-state index contributed by atoms with van der Waals surface area (Å²) in [5.41, 5.74) is 6.84. The zero-order valence-electron chi connectivity index (χ0n) is 25.7. The summed E-state index contributed by atoms with van der Waals surface area (Å²) in [7, 11) is 0. The number of hydrogen-bond acceptors (Lipinski definition) is 5. The van der Waals surface area contributed by atoms with Crippen molar-refractivity contribution in [2.45, 2.75) is 65.9 Å². The molecule has 0 saturated carbocycles. The number of urea groups is 1. The number of ether oxygens (including phenoxy) is 1. The number of nitrogens with one attached hydrogen (secondary N) is 1. The molecule has 2 unspecified atom stereocenters. The van der Waals surface area contributed by atoms with Crippen molar-refractivity contribution in [3.63, 3.8) is 0 Å². The van der Waals surface area contributed by atoms with Crippen molar-refractivity contribution < 1.29 is 22.7 Å². The highest BCUT2D eigenvalue weighted by Gasteiger charge is 2.31. The lowest BCUT2D eigenvalue weighted by atomic mass is 10.0. The number of thioether (sulfide) groups is 1. The number of aliphatic imine (C=N–C) groups is 1. The molecule has 2 heterocycles. The number of carbonyl (C=O) groups is 1. The number of rotatable bonds is 7. The first-order valence-corrected chi connectivity index (χ1v) is 15.7. The summed E-state index contributed by atoms with van der Waals surface area (Å²) < 4.78 is 42.8. The molecule has 1 saturated heterocycles. The SMILES string of the molecule is CCC(NC(=O)N=C1SCCC(C)N1c1c(C)cc(C)cc1C)c1ccc(-c2ncn(-c3ccc(OC(F)(F)F)cc3)n2)cc1. The molecule has 4 aromatic rings. The van der Waals surface area contributed by atoms with Crippen LogP contribution in [0, 0.1) is 20.8 Å². The average Bonchev–Trinajstić information content (AvgIpc) is 3.47. The van der Waals surface area contributed by atoms with Crippen molar-refractivity contribution in [3.8, 4) is 22.8 Å². The van der Waals surface area contributed by atoms with E-state index >= 15 is 0 Å². The minimum atomic E-state index is -4.75. The number of hydrogen-bond donors (Lipinski definition) is 1. The molecule has 1 aliphatic rings. The summed E-state index contributed by atoms with van der Waals surface area (Å²) in [4.78, 5) is 24.4. The Morgan fingerprint density at radius 3 is 2.38 bits per heavy atom. The summed E-state index contributed by atoms with van der Waals surface area (Å²) in [6.07, 6.45) is -1.60. The van der Waals surface area contributed by atoms with Gasteiger partial charge in [0.15, 0.2) is 11.0 Å². The van der Waals surface area contributed by atoms with E-state index < -0.39 is 6.36 Å². The Morgan fingerprint density at radius 2 is 1.76 bits per heavy atom. The van der Waals surface area contributed by atoms with Gasteiger partial charge in [-0.3, -0.25) is 0 Å². The predicted molar refractivity (Wildman–Crippen MR) is 172 cm³/mol. The lowest BCUT2D eigenvalue weighted by molar-refractivity contribution is -0.274. The van der Waals surface area contributed by atoms with Crippen LogP contribution in [-0.4, -0.2) is 44.1 Å². The zero-order chi connectivity index (χ0) is 32.3. The fourth-order valence-corrected chi connectivity index (χ4v) is 6.74. The van der Waals surface area contributed by atoms with Crippen molar-refractivity contribution in [3.05, 3.63) is 89.2 Å². The van der Waals surface area contributed by atoms with Gasteiger partial charge < -0.3 is 15.0 Å². The lowest BCUT2D eigenvalue weighted by Crippen LogP contribution is -2.43. The number of aromatic nitrogens is 3. The van der Waals surface area contributed by atoms with Crippen molar-refractivity contribution >= 4 is 28.6 Å². The summed E-state index contributed by atoms with van der Waals surface area (Å²) in [5.74, 6) is 1.03. The van der Waals surface area contributed by atoms with Gasteiger partial charge in [-0.2, -0.15) is 4.99 Å². The van der Waals surface area contributed by atoms with Gasteiger partial charge in [0.05, 0.1) is 11.7 Å². The highest BCUT2D eigenvalue weighted by molar-refractivity contribution is 8.14. The van der Waals surface area contributed by atoms with Crippen LogP contribution in [0.15, 0.2) is 72.0 Å². The molecule has 1 aromatic heterocycles. The summed E-state index contributed by atoms with van der Waals surface area (Å²) in [5, 5.41) is 8.25. The van der Waals surface area contributed by atoms with Crippen molar-refractivity contribution in [1.29, 1.82) is 0 Å². The van der Waals surface area contributed by atoms with Crippen molar-refractivity contribution in [2.24, 2.45) is 4.99 Å². The summed E-state index contributed by atoms with van der Waals surface area (Å²) >= 11 is 1.60. The van der Waals surface area contributed by atoms with E-state index in [9.17, 15) is 18.0 Å². The fraction of sp³-hybridized carbons (Fsp3) is 0.333. The van der Waals surface area contributed by atoms with E-state index in [4.69, 9.17) is 0 Å². The second kappa shape index (κ2) is 13.4. The van der Waals surface area contributed by atoms with Crippen LogP contribution in [-0.2, 0) is 0 Å². The largest absolute Gasteiger partial charge is 0.573 e. The van der Waals surface area contributed by atoms with Gasteiger partial charge in [0.2, 0.25) is 0 Å². The molecule has 5 rings (SSSR count). The number of anilines is 1. The number of nitrogens with zero attached hydrogens (tertiary/aromatic N) is 5. The van der Waals surface area contributed by atoms with Crippen LogP contribution < -0.4 is 15.0 Å². The average molecular weight is 637 g/mol. The van der Waals surface area contributed by atoms with Crippen LogP contribution in [0.1, 0.15) is 55.0 Å². The van der Waals surface area contributed by atoms with E-state index in [0.717, 1.165) is 40.1 Å². The van der Waals surface area contributed by atoms with Crippen LogP contribution in [0.4, 0.5) is 23.7 Å². The standard InChI is InChI=1S/C33H35F3N6O2S/c1-6-28(38-31(43)39-32-42(23(5)15-16-45-32)29-21(3)17-20(2)18-22(29)4)24-7-9-25(10-8-24)30-37-19-41(40-30)26-11-13-27(14-12-26)44-33(34,35)36/h7-14,17-19,23,28H,6,15-16H2,1-5H3,(H,38,43). The number of carbonyl (C=O) groups excluding carboxylic acids is 1. The maximum absolute atomic E-state index is 13.3. The molecule has 12 heteroatoms. The fourth-order valence-electron chi connectivity index (χ4n) is 5.54. The second-order valence-corrected chi connectivity index (χ2v) is 12.1. The van der Waals surface area contributed by atoms with Gasteiger partial charge in [-0.1, -0.05) is 60.6 Å². The van der Waals surface area contributed by atoms with Gasteiger partial charge in [-0.05, 0) is 81.5 Å². The molecule has 1 aliphatic heterocycles. The Bertz CT molecular complexity index is 1660. The number of benzene rings is 3. The van der Waals surface area contributed by atoms with Crippen molar-refractivity contribution in [1.82, 2.24) is 20.1 Å². The topological polar surface area (TPSA) is 84.6 Å². The number of amidine groups is 1. The van der Waals surface area contributed by atoms with E-state index in [0.29, 0.717) is 23.1 Å². The maximum atomic E-state index is 13.3. The Kier molecular flexibility index (Phi) is 9.52. The summed E-state index contributed by atoms with van der Waals surface area (Å²) in [6.45, 7) is 10.5. The highest BCUT2D eigenvalue weighted by Crippen LogP contribution is 2.35. The van der Waals surface area contributed by atoms with Gasteiger partial charge in [0, 0.05) is 23.0 Å². The first-order valence-electron chi connectivity index (χ1n) is 14.7. The predicted octanol–water partition coefficient (Wildman–Crippen LogP) is 8.31. The molecule has 0 aliphatic carbocycles. The first kappa shape index (κ1) is 32.1.